The summed E-state index contributed by atoms with van der Waals surface area (Å²) in [6.07, 6.45) is 2.04. The molecular formula is C13H23N3O. The van der Waals surface area contributed by atoms with Crippen molar-refractivity contribution < 1.29 is 4.74 Å². The smallest absolute Gasteiger partial charge is 0.109 e. The molecule has 96 valence electrons. The van der Waals surface area contributed by atoms with Crippen molar-refractivity contribution in [3.8, 4) is 0 Å². The van der Waals surface area contributed by atoms with Gasteiger partial charge in [0.15, 0.2) is 0 Å². The lowest BCUT2D eigenvalue weighted by Crippen LogP contribution is -2.36. The van der Waals surface area contributed by atoms with Crippen LogP contribution in [0.3, 0.4) is 0 Å². The molecule has 0 saturated carbocycles. The van der Waals surface area contributed by atoms with Gasteiger partial charge in [0.25, 0.3) is 0 Å². The van der Waals surface area contributed by atoms with Gasteiger partial charge in [-0.3, -0.25) is 0 Å². The van der Waals surface area contributed by atoms with Gasteiger partial charge >= 0.3 is 0 Å². The molecule has 1 aliphatic heterocycles. The molecule has 0 atom stereocenters. The lowest BCUT2D eigenvalue weighted by atomic mass is 10.0. The van der Waals surface area contributed by atoms with Crippen molar-refractivity contribution in [1.82, 2.24) is 14.9 Å². The van der Waals surface area contributed by atoms with E-state index in [9.17, 15) is 0 Å². The van der Waals surface area contributed by atoms with Gasteiger partial charge < -0.3 is 14.6 Å². The van der Waals surface area contributed by atoms with Gasteiger partial charge in [0.1, 0.15) is 5.82 Å². The Balaban J connectivity index is 2.46. The van der Waals surface area contributed by atoms with E-state index < -0.39 is 0 Å². The molecule has 0 unspecified atom stereocenters. The van der Waals surface area contributed by atoms with Crippen LogP contribution in [0.25, 0.3) is 0 Å². The van der Waals surface area contributed by atoms with Crippen LogP contribution in [-0.4, -0.2) is 29.8 Å². The number of aromatic nitrogens is 2. The number of aryl methyl sites for hydroxylation is 1. The molecule has 4 heteroatoms. The van der Waals surface area contributed by atoms with Gasteiger partial charge in [0.2, 0.25) is 0 Å². The Labute approximate surface area is 103 Å². The first-order valence-electron chi connectivity index (χ1n) is 6.39. The van der Waals surface area contributed by atoms with Crippen LogP contribution in [0.4, 0.5) is 0 Å². The molecule has 2 rings (SSSR count). The van der Waals surface area contributed by atoms with Crippen molar-refractivity contribution in [3.63, 3.8) is 0 Å². The number of methoxy groups -OCH3 is 1. The van der Waals surface area contributed by atoms with E-state index in [1.807, 2.05) is 0 Å². The maximum atomic E-state index is 5.36. The summed E-state index contributed by atoms with van der Waals surface area (Å²) >= 11 is 0. The summed E-state index contributed by atoms with van der Waals surface area (Å²) in [4.78, 5) is 4.76. The summed E-state index contributed by atoms with van der Waals surface area (Å²) in [5, 5.41) is 3.38. The van der Waals surface area contributed by atoms with Gasteiger partial charge in [0, 0.05) is 38.7 Å². The highest BCUT2D eigenvalue weighted by atomic mass is 16.5. The van der Waals surface area contributed by atoms with E-state index >= 15 is 0 Å². The van der Waals surface area contributed by atoms with E-state index in [1.54, 1.807) is 7.11 Å². The first kappa shape index (κ1) is 12.6. The molecule has 0 amide bonds. The van der Waals surface area contributed by atoms with Crippen LogP contribution in [0.1, 0.15) is 38.0 Å². The minimum absolute atomic E-state index is 0.0159. The molecule has 1 aromatic rings. The Kier molecular flexibility index (Phi) is 3.54. The summed E-state index contributed by atoms with van der Waals surface area (Å²) in [6, 6.07) is 0. The molecule has 0 saturated heterocycles. The predicted molar refractivity (Wildman–Crippen MR) is 68.2 cm³/mol. The maximum absolute atomic E-state index is 5.36. The lowest BCUT2D eigenvalue weighted by molar-refractivity contribution is 0.106. The lowest BCUT2D eigenvalue weighted by Gasteiger charge is -2.31. The van der Waals surface area contributed by atoms with Crippen LogP contribution in [0, 0.1) is 0 Å². The van der Waals surface area contributed by atoms with Crippen molar-refractivity contribution in [1.29, 1.82) is 0 Å². The van der Waals surface area contributed by atoms with Gasteiger partial charge in [-0.25, -0.2) is 4.98 Å². The number of nitrogens with zero attached hydrogens (tertiary/aromatic N) is 2. The van der Waals surface area contributed by atoms with E-state index in [0.29, 0.717) is 0 Å². The highest BCUT2D eigenvalue weighted by Gasteiger charge is 2.29. The van der Waals surface area contributed by atoms with Crippen LogP contribution in [0.15, 0.2) is 0 Å². The van der Waals surface area contributed by atoms with E-state index in [1.165, 1.54) is 17.2 Å². The van der Waals surface area contributed by atoms with Crippen molar-refractivity contribution in [3.05, 3.63) is 17.2 Å². The zero-order valence-corrected chi connectivity index (χ0v) is 11.3. The fraction of sp³-hybridized carbons (Fsp3) is 0.769. The molecule has 1 aromatic heterocycles. The van der Waals surface area contributed by atoms with Gasteiger partial charge in [-0.2, -0.15) is 0 Å². The van der Waals surface area contributed by atoms with Crippen LogP contribution in [0.5, 0.6) is 0 Å². The Morgan fingerprint density at radius 3 is 2.88 bits per heavy atom. The first-order chi connectivity index (χ1) is 8.10. The van der Waals surface area contributed by atoms with E-state index in [0.717, 1.165) is 32.5 Å². The fourth-order valence-electron chi connectivity index (χ4n) is 2.74. The minimum Gasteiger partial charge on any atom is -0.382 e. The van der Waals surface area contributed by atoms with Gasteiger partial charge in [0.05, 0.1) is 17.8 Å². The van der Waals surface area contributed by atoms with Crippen LogP contribution in [0.2, 0.25) is 0 Å². The van der Waals surface area contributed by atoms with E-state index in [-0.39, 0.29) is 5.54 Å². The SMILES string of the molecule is CCc1nc2c(n1C(C)(C)COC)CCNC2. The van der Waals surface area contributed by atoms with Gasteiger partial charge in [-0.15, -0.1) is 0 Å². The number of fused-ring (bicyclic) bond motifs is 1. The summed E-state index contributed by atoms with van der Waals surface area (Å²) in [7, 11) is 1.76. The zero-order valence-electron chi connectivity index (χ0n) is 11.3. The summed E-state index contributed by atoms with van der Waals surface area (Å²) in [5.74, 6) is 1.18. The Bertz CT molecular complexity index is 396. The second kappa shape index (κ2) is 4.78. The fourth-order valence-corrected chi connectivity index (χ4v) is 2.74. The molecule has 0 spiro atoms. The molecule has 0 radical (unpaired) electrons. The normalized spacial score (nSPS) is 16.0. The topological polar surface area (TPSA) is 39.1 Å². The van der Waals surface area contributed by atoms with E-state index in [2.05, 4.69) is 30.7 Å². The summed E-state index contributed by atoms with van der Waals surface area (Å²) in [5.41, 5.74) is 2.60. The summed E-state index contributed by atoms with van der Waals surface area (Å²) < 4.78 is 7.75. The average molecular weight is 237 g/mol. The monoisotopic (exact) mass is 237 g/mol. The number of ether oxygens (including phenoxy) is 1. The third-order valence-electron chi connectivity index (χ3n) is 3.38. The number of hydrogen-bond donors (Lipinski definition) is 1. The number of nitrogens with one attached hydrogen (secondary N) is 1. The van der Waals surface area contributed by atoms with Gasteiger partial charge in [-0.05, 0) is 13.8 Å². The molecule has 0 fully saturated rings. The molecule has 1 aliphatic rings. The molecular weight excluding hydrogens is 214 g/mol. The standard InChI is InChI=1S/C13H23N3O/c1-5-12-15-10-8-14-7-6-11(10)16(12)13(2,3)9-17-4/h14H,5-9H2,1-4H3. The average Bonchev–Trinajstić information content (AvgIpc) is 2.67. The number of rotatable bonds is 4. The zero-order chi connectivity index (χ0) is 12.5. The highest BCUT2D eigenvalue weighted by molar-refractivity contribution is 5.22. The Morgan fingerprint density at radius 2 is 2.24 bits per heavy atom. The molecule has 0 aromatic carbocycles. The van der Waals surface area contributed by atoms with Gasteiger partial charge in [-0.1, -0.05) is 6.92 Å². The number of imidazole rings is 1. The first-order valence-corrected chi connectivity index (χ1v) is 6.39. The maximum Gasteiger partial charge on any atom is 0.109 e. The molecule has 0 bridgehead atoms. The minimum atomic E-state index is -0.0159. The molecule has 1 N–H and O–H groups in total. The Morgan fingerprint density at radius 1 is 1.47 bits per heavy atom. The second-order valence-electron chi connectivity index (χ2n) is 5.28. The van der Waals surface area contributed by atoms with Crippen molar-refractivity contribution in [2.45, 2.75) is 45.7 Å². The number of hydrogen-bond acceptors (Lipinski definition) is 3. The van der Waals surface area contributed by atoms with Crippen molar-refractivity contribution in [2.75, 3.05) is 20.3 Å². The van der Waals surface area contributed by atoms with Crippen LogP contribution >= 0.6 is 0 Å². The van der Waals surface area contributed by atoms with Crippen molar-refractivity contribution in [2.24, 2.45) is 0 Å². The summed E-state index contributed by atoms with van der Waals surface area (Å²) in [6.45, 7) is 9.28. The van der Waals surface area contributed by atoms with Crippen LogP contribution < -0.4 is 5.32 Å². The third-order valence-corrected chi connectivity index (χ3v) is 3.38. The Hall–Kier alpha value is -0.870. The highest BCUT2D eigenvalue weighted by Crippen LogP contribution is 2.26. The van der Waals surface area contributed by atoms with Crippen LogP contribution in [-0.2, 0) is 29.7 Å². The van der Waals surface area contributed by atoms with Crippen molar-refractivity contribution >= 4 is 0 Å². The molecule has 4 nitrogen and oxygen atoms in total. The third kappa shape index (κ3) is 2.24. The van der Waals surface area contributed by atoms with E-state index in [4.69, 9.17) is 9.72 Å². The molecule has 17 heavy (non-hydrogen) atoms. The molecule has 0 aliphatic carbocycles. The largest absolute Gasteiger partial charge is 0.382 e. The molecule has 2 heterocycles. The quantitative estimate of drug-likeness (QED) is 0.862. The predicted octanol–water partition coefficient (Wildman–Crippen LogP) is 1.47. The second-order valence-corrected chi connectivity index (χ2v) is 5.28.